The quantitative estimate of drug-likeness (QED) is 0.693. The number of benzene rings is 2. The molecule has 3 aromatic rings. The predicted octanol–water partition coefficient (Wildman–Crippen LogP) is 2.11. The Morgan fingerprint density at radius 3 is 2.28 bits per heavy atom. The monoisotopic (exact) mass is 360 g/mol. The van der Waals surface area contributed by atoms with Crippen molar-refractivity contribution in [2.45, 2.75) is 24.7 Å². The summed E-state index contributed by atoms with van der Waals surface area (Å²) >= 11 is 0. The molecule has 0 bridgehead atoms. The maximum atomic E-state index is 12.4. The second-order valence-corrected chi connectivity index (χ2v) is 7.42. The Morgan fingerprint density at radius 1 is 0.960 bits per heavy atom. The Balaban J connectivity index is 1.98. The minimum absolute atomic E-state index is 0.0550. The van der Waals surface area contributed by atoms with Crippen molar-refractivity contribution in [3.05, 3.63) is 68.9 Å². The standard InChI is InChI=1S/C17H16N2O5S/c1-10(2)11-3-5-12(6-4-11)24-25(22,23)13-7-8-15-14(9-13)16(20)19-17(21)18-15/h3-10H,1-2H3,(H2,18,19,20,21). The molecular formula is C17H16N2O5S. The van der Waals surface area contributed by atoms with Crippen LogP contribution in [0, 0.1) is 0 Å². The summed E-state index contributed by atoms with van der Waals surface area (Å²) in [7, 11) is -4.11. The van der Waals surface area contributed by atoms with E-state index in [4.69, 9.17) is 4.18 Å². The van der Waals surface area contributed by atoms with Crippen molar-refractivity contribution < 1.29 is 12.6 Å². The van der Waals surface area contributed by atoms with Crippen LogP contribution >= 0.6 is 0 Å². The van der Waals surface area contributed by atoms with Crippen LogP contribution in [0.1, 0.15) is 25.3 Å². The van der Waals surface area contributed by atoms with E-state index < -0.39 is 21.4 Å². The first-order valence-electron chi connectivity index (χ1n) is 7.57. The number of fused-ring (bicyclic) bond motifs is 1. The highest BCUT2D eigenvalue weighted by Gasteiger charge is 2.18. The predicted molar refractivity (Wildman–Crippen MR) is 93.5 cm³/mol. The summed E-state index contributed by atoms with van der Waals surface area (Å²) in [6.07, 6.45) is 0. The van der Waals surface area contributed by atoms with Crippen LogP contribution in [0.4, 0.5) is 0 Å². The molecule has 2 aromatic carbocycles. The highest BCUT2D eigenvalue weighted by Crippen LogP contribution is 2.23. The minimum Gasteiger partial charge on any atom is -0.379 e. The van der Waals surface area contributed by atoms with Gasteiger partial charge in [0.05, 0.1) is 10.9 Å². The molecule has 1 heterocycles. The van der Waals surface area contributed by atoms with Crippen molar-refractivity contribution in [1.29, 1.82) is 0 Å². The first kappa shape index (κ1) is 17.0. The fourth-order valence-corrected chi connectivity index (χ4v) is 3.34. The lowest BCUT2D eigenvalue weighted by Gasteiger charge is -2.09. The molecule has 0 unspecified atom stereocenters. The Bertz CT molecular complexity index is 1140. The molecule has 130 valence electrons. The van der Waals surface area contributed by atoms with Gasteiger partial charge in [0.25, 0.3) is 5.56 Å². The molecule has 3 rings (SSSR count). The highest BCUT2D eigenvalue weighted by atomic mass is 32.2. The van der Waals surface area contributed by atoms with Gasteiger partial charge in [0.15, 0.2) is 0 Å². The smallest absolute Gasteiger partial charge is 0.339 e. The second-order valence-electron chi connectivity index (χ2n) is 5.88. The van der Waals surface area contributed by atoms with Crippen LogP contribution in [0.5, 0.6) is 5.75 Å². The average molecular weight is 360 g/mol. The third-order valence-corrected chi connectivity index (χ3v) is 5.00. The molecule has 7 nitrogen and oxygen atoms in total. The molecule has 0 radical (unpaired) electrons. The number of rotatable bonds is 4. The third-order valence-electron chi connectivity index (χ3n) is 3.75. The van der Waals surface area contributed by atoms with Crippen LogP contribution in [0.25, 0.3) is 10.9 Å². The van der Waals surface area contributed by atoms with E-state index in [0.29, 0.717) is 5.92 Å². The Labute approximate surface area is 143 Å². The minimum atomic E-state index is -4.11. The molecule has 2 N–H and O–H groups in total. The SMILES string of the molecule is CC(C)c1ccc(OS(=O)(=O)c2ccc3[nH]c(=O)[nH]c(=O)c3c2)cc1. The van der Waals surface area contributed by atoms with Crippen LogP contribution in [0.15, 0.2) is 56.9 Å². The first-order chi connectivity index (χ1) is 11.8. The molecule has 0 saturated carbocycles. The maximum Gasteiger partial charge on any atom is 0.339 e. The van der Waals surface area contributed by atoms with Crippen molar-refractivity contribution in [3.63, 3.8) is 0 Å². The largest absolute Gasteiger partial charge is 0.379 e. The van der Waals surface area contributed by atoms with Crippen LogP contribution in [0.2, 0.25) is 0 Å². The van der Waals surface area contributed by atoms with Crippen molar-refractivity contribution in [2.24, 2.45) is 0 Å². The normalized spacial score (nSPS) is 11.8. The lowest BCUT2D eigenvalue weighted by Crippen LogP contribution is -2.22. The Morgan fingerprint density at radius 2 is 1.64 bits per heavy atom. The topological polar surface area (TPSA) is 109 Å². The summed E-state index contributed by atoms with van der Waals surface area (Å²) in [5, 5.41) is 0.0550. The van der Waals surface area contributed by atoms with Gasteiger partial charge in [0.1, 0.15) is 10.6 Å². The van der Waals surface area contributed by atoms with Gasteiger partial charge in [0.2, 0.25) is 0 Å². The van der Waals surface area contributed by atoms with Gasteiger partial charge in [-0.3, -0.25) is 9.78 Å². The average Bonchev–Trinajstić information content (AvgIpc) is 2.54. The Hall–Kier alpha value is -2.87. The van der Waals surface area contributed by atoms with Crippen molar-refractivity contribution in [3.8, 4) is 5.75 Å². The molecule has 0 aliphatic rings. The van der Waals surface area contributed by atoms with E-state index in [1.165, 1.54) is 18.2 Å². The number of nitrogens with one attached hydrogen (secondary N) is 2. The summed E-state index contributed by atoms with van der Waals surface area (Å²) in [5.41, 5.74) is -0.0217. The van der Waals surface area contributed by atoms with E-state index in [-0.39, 0.29) is 21.5 Å². The van der Waals surface area contributed by atoms with Gasteiger partial charge in [-0.05, 0) is 41.8 Å². The summed E-state index contributed by atoms with van der Waals surface area (Å²) in [5.74, 6) is 0.500. The molecule has 0 spiro atoms. The zero-order chi connectivity index (χ0) is 18.2. The lowest BCUT2D eigenvalue weighted by atomic mass is 10.0. The number of H-pyrrole nitrogens is 2. The molecule has 0 aliphatic heterocycles. The van der Waals surface area contributed by atoms with Gasteiger partial charge in [-0.15, -0.1) is 0 Å². The van der Waals surface area contributed by atoms with Gasteiger partial charge >= 0.3 is 15.8 Å². The number of aromatic nitrogens is 2. The van der Waals surface area contributed by atoms with Crippen LogP contribution in [-0.4, -0.2) is 18.4 Å². The van der Waals surface area contributed by atoms with Gasteiger partial charge in [0, 0.05) is 0 Å². The fourth-order valence-electron chi connectivity index (χ4n) is 2.38. The number of hydrogen-bond donors (Lipinski definition) is 2. The van der Waals surface area contributed by atoms with Crippen LogP contribution in [-0.2, 0) is 10.1 Å². The van der Waals surface area contributed by atoms with Gasteiger partial charge in [-0.1, -0.05) is 26.0 Å². The molecule has 25 heavy (non-hydrogen) atoms. The molecular weight excluding hydrogens is 344 g/mol. The number of hydrogen-bond acceptors (Lipinski definition) is 5. The molecule has 0 atom stereocenters. The molecule has 8 heteroatoms. The van der Waals surface area contributed by atoms with Crippen molar-refractivity contribution in [2.75, 3.05) is 0 Å². The molecule has 1 aromatic heterocycles. The van der Waals surface area contributed by atoms with Crippen molar-refractivity contribution in [1.82, 2.24) is 9.97 Å². The zero-order valence-electron chi connectivity index (χ0n) is 13.6. The summed E-state index contributed by atoms with van der Waals surface area (Å²) < 4.78 is 30.0. The summed E-state index contributed by atoms with van der Waals surface area (Å²) in [6, 6.07) is 10.6. The van der Waals surface area contributed by atoms with Crippen LogP contribution in [0.3, 0.4) is 0 Å². The molecule has 0 amide bonds. The maximum absolute atomic E-state index is 12.4. The Kier molecular flexibility index (Phi) is 4.22. The second kappa shape index (κ2) is 6.21. The first-order valence-corrected chi connectivity index (χ1v) is 8.98. The molecule has 0 aliphatic carbocycles. The molecule has 0 fully saturated rings. The van der Waals surface area contributed by atoms with Gasteiger partial charge in [-0.2, -0.15) is 8.42 Å². The summed E-state index contributed by atoms with van der Waals surface area (Å²) in [6.45, 7) is 4.06. The summed E-state index contributed by atoms with van der Waals surface area (Å²) in [4.78, 5) is 27.4. The van der Waals surface area contributed by atoms with E-state index >= 15 is 0 Å². The highest BCUT2D eigenvalue weighted by molar-refractivity contribution is 7.87. The van der Waals surface area contributed by atoms with Gasteiger partial charge < -0.3 is 9.17 Å². The van der Waals surface area contributed by atoms with E-state index in [9.17, 15) is 18.0 Å². The van der Waals surface area contributed by atoms with Crippen molar-refractivity contribution >= 4 is 21.0 Å². The number of aromatic amines is 2. The fraction of sp³-hybridized carbons (Fsp3) is 0.176. The van der Waals surface area contributed by atoms with E-state index in [1.807, 2.05) is 13.8 Å². The van der Waals surface area contributed by atoms with E-state index in [1.54, 1.807) is 24.3 Å². The third kappa shape index (κ3) is 3.48. The van der Waals surface area contributed by atoms with E-state index in [2.05, 4.69) is 9.97 Å². The lowest BCUT2D eigenvalue weighted by molar-refractivity contribution is 0.486. The zero-order valence-corrected chi connectivity index (χ0v) is 14.4. The van der Waals surface area contributed by atoms with Gasteiger partial charge in [-0.25, -0.2) is 4.79 Å². The van der Waals surface area contributed by atoms with Crippen LogP contribution < -0.4 is 15.4 Å². The van der Waals surface area contributed by atoms with E-state index in [0.717, 1.165) is 5.56 Å². The molecule has 0 saturated heterocycles.